The van der Waals surface area contributed by atoms with Gasteiger partial charge in [-0.1, -0.05) is 54.1 Å². The Labute approximate surface area is 134 Å². The molecular weight excluding hydrogens is 298 g/mol. The number of Topliss-reactive ketones (excluding diaryl/α,β-unsaturated/α-hetero) is 1. The Morgan fingerprint density at radius 2 is 1.73 bits per heavy atom. The standard InChI is InChI=1S/C18H16ClNO2/c19-15-8-4-7-13(9-15)17(12-5-2-1-3-6-12)20-18(22)14-10-16(21)11-14/h1-9,14,17H,10-11H2,(H,20,22)/t17-/m1/s1. The van der Waals surface area contributed by atoms with E-state index in [9.17, 15) is 9.59 Å². The minimum Gasteiger partial charge on any atom is -0.345 e. The molecule has 0 radical (unpaired) electrons. The topological polar surface area (TPSA) is 46.2 Å². The van der Waals surface area contributed by atoms with Crippen molar-refractivity contribution in [2.24, 2.45) is 5.92 Å². The average molecular weight is 314 g/mol. The molecular formula is C18H16ClNO2. The van der Waals surface area contributed by atoms with Gasteiger partial charge in [0.25, 0.3) is 0 Å². The van der Waals surface area contributed by atoms with Gasteiger partial charge in [-0.05, 0) is 23.3 Å². The fraction of sp³-hybridized carbons (Fsp3) is 0.222. The molecule has 1 aliphatic rings. The van der Waals surface area contributed by atoms with Gasteiger partial charge in [0.15, 0.2) is 0 Å². The molecule has 2 aromatic rings. The molecule has 1 N–H and O–H groups in total. The van der Waals surface area contributed by atoms with Crippen molar-refractivity contribution >= 4 is 23.3 Å². The summed E-state index contributed by atoms with van der Waals surface area (Å²) in [7, 11) is 0. The first-order valence-electron chi connectivity index (χ1n) is 7.26. The fourth-order valence-electron chi connectivity index (χ4n) is 2.63. The van der Waals surface area contributed by atoms with Gasteiger partial charge in [0.2, 0.25) is 5.91 Å². The first kappa shape index (κ1) is 14.8. The molecule has 0 aromatic heterocycles. The second-order valence-corrected chi connectivity index (χ2v) is 5.99. The molecule has 3 rings (SSSR count). The van der Waals surface area contributed by atoms with E-state index in [0.29, 0.717) is 17.9 Å². The Balaban J connectivity index is 1.86. The summed E-state index contributed by atoms with van der Waals surface area (Å²) in [5.41, 5.74) is 1.92. The minimum atomic E-state index is -0.261. The van der Waals surface area contributed by atoms with Crippen LogP contribution >= 0.6 is 11.6 Å². The number of nitrogens with one attached hydrogen (secondary N) is 1. The molecule has 4 heteroatoms. The van der Waals surface area contributed by atoms with Crippen molar-refractivity contribution in [3.8, 4) is 0 Å². The predicted molar refractivity (Wildman–Crippen MR) is 85.6 cm³/mol. The smallest absolute Gasteiger partial charge is 0.224 e. The molecule has 1 amide bonds. The molecule has 3 nitrogen and oxygen atoms in total. The van der Waals surface area contributed by atoms with Crippen LogP contribution in [0.25, 0.3) is 0 Å². The third-order valence-corrected chi connectivity index (χ3v) is 4.16. The zero-order valence-electron chi connectivity index (χ0n) is 12.0. The van der Waals surface area contributed by atoms with Crippen LogP contribution in [0.2, 0.25) is 5.02 Å². The Morgan fingerprint density at radius 3 is 2.36 bits per heavy atom. The first-order valence-corrected chi connectivity index (χ1v) is 7.64. The van der Waals surface area contributed by atoms with Gasteiger partial charge in [0.1, 0.15) is 5.78 Å². The van der Waals surface area contributed by atoms with Gasteiger partial charge < -0.3 is 5.32 Å². The van der Waals surface area contributed by atoms with E-state index < -0.39 is 0 Å². The van der Waals surface area contributed by atoms with Crippen LogP contribution in [0.15, 0.2) is 54.6 Å². The highest BCUT2D eigenvalue weighted by molar-refractivity contribution is 6.30. The molecule has 22 heavy (non-hydrogen) atoms. The molecule has 1 atom stereocenters. The predicted octanol–water partition coefficient (Wildman–Crippen LogP) is 3.52. The monoisotopic (exact) mass is 313 g/mol. The highest BCUT2D eigenvalue weighted by Gasteiger charge is 2.34. The van der Waals surface area contributed by atoms with E-state index in [2.05, 4.69) is 5.32 Å². The van der Waals surface area contributed by atoms with Crippen LogP contribution in [0.4, 0.5) is 0 Å². The van der Waals surface area contributed by atoms with Crippen LogP contribution in [0.5, 0.6) is 0 Å². The third-order valence-electron chi connectivity index (χ3n) is 3.92. The van der Waals surface area contributed by atoms with Crippen LogP contribution in [0.3, 0.4) is 0 Å². The number of carbonyl (C=O) groups excluding carboxylic acids is 2. The molecule has 0 saturated heterocycles. The molecule has 0 bridgehead atoms. The van der Waals surface area contributed by atoms with E-state index in [0.717, 1.165) is 11.1 Å². The highest BCUT2D eigenvalue weighted by atomic mass is 35.5. The summed E-state index contributed by atoms with van der Waals surface area (Å²) in [6.45, 7) is 0. The zero-order valence-corrected chi connectivity index (χ0v) is 12.7. The quantitative estimate of drug-likeness (QED) is 0.938. The SMILES string of the molecule is O=C1CC(C(=O)N[C@H](c2ccccc2)c2cccc(Cl)c2)C1. The van der Waals surface area contributed by atoms with Crippen LogP contribution in [-0.4, -0.2) is 11.7 Å². The maximum atomic E-state index is 12.3. The Hall–Kier alpha value is -2.13. The van der Waals surface area contributed by atoms with E-state index in [1.165, 1.54) is 0 Å². The lowest BCUT2D eigenvalue weighted by Crippen LogP contribution is -2.40. The van der Waals surface area contributed by atoms with Crippen molar-refractivity contribution in [2.45, 2.75) is 18.9 Å². The number of ketones is 1. The summed E-state index contributed by atoms with van der Waals surface area (Å²) < 4.78 is 0. The Bertz CT molecular complexity index is 691. The van der Waals surface area contributed by atoms with Gasteiger partial charge >= 0.3 is 0 Å². The molecule has 0 spiro atoms. The van der Waals surface area contributed by atoms with E-state index in [-0.39, 0.29) is 23.7 Å². The van der Waals surface area contributed by atoms with Crippen molar-refractivity contribution in [2.75, 3.05) is 0 Å². The first-order chi connectivity index (χ1) is 10.6. The Kier molecular flexibility index (Phi) is 4.25. The number of hydrogen-bond acceptors (Lipinski definition) is 2. The summed E-state index contributed by atoms with van der Waals surface area (Å²) >= 11 is 6.08. The van der Waals surface area contributed by atoms with E-state index in [1.54, 1.807) is 6.07 Å². The maximum absolute atomic E-state index is 12.3. The van der Waals surface area contributed by atoms with Crippen molar-refractivity contribution in [3.63, 3.8) is 0 Å². The number of carbonyl (C=O) groups is 2. The van der Waals surface area contributed by atoms with Crippen molar-refractivity contribution in [3.05, 3.63) is 70.7 Å². The maximum Gasteiger partial charge on any atom is 0.224 e. The largest absolute Gasteiger partial charge is 0.345 e. The van der Waals surface area contributed by atoms with E-state index >= 15 is 0 Å². The molecule has 0 aliphatic heterocycles. The summed E-state index contributed by atoms with van der Waals surface area (Å²) in [4.78, 5) is 23.4. The van der Waals surface area contributed by atoms with Gasteiger partial charge in [0.05, 0.1) is 12.0 Å². The Morgan fingerprint density at radius 1 is 1.05 bits per heavy atom. The van der Waals surface area contributed by atoms with Gasteiger partial charge in [-0.15, -0.1) is 0 Å². The summed E-state index contributed by atoms with van der Waals surface area (Å²) in [5.74, 6) is -0.120. The minimum absolute atomic E-state index is 0.0755. The fourth-order valence-corrected chi connectivity index (χ4v) is 2.82. The molecule has 0 heterocycles. The molecule has 1 aliphatic carbocycles. The van der Waals surface area contributed by atoms with Crippen LogP contribution in [0.1, 0.15) is 30.0 Å². The highest BCUT2D eigenvalue weighted by Crippen LogP contribution is 2.28. The van der Waals surface area contributed by atoms with E-state index in [4.69, 9.17) is 11.6 Å². The number of benzene rings is 2. The molecule has 1 saturated carbocycles. The summed E-state index contributed by atoms with van der Waals surface area (Å²) in [6, 6.07) is 17.0. The number of amides is 1. The summed E-state index contributed by atoms with van der Waals surface area (Å²) in [6.07, 6.45) is 0.700. The lowest BCUT2D eigenvalue weighted by atomic mass is 9.83. The normalized spacial score (nSPS) is 16.0. The molecule has 112 valence electrons. The number of rotatable bonds is 4. The van der Waals surface area contributed by atoms with Gasteiger partial charge in [-0.2, -0.15) is 0 Å². The van der Waals surface area contributed by atoms with Crippen LogP contribution < -0.4 is 5.32 Å². The second kappa shape index (κ2) is 6.32. The zero-order chi connectivity index (χ0) is 15.5. The van der Waals surface area contributed by atoms with E-state index in [1.807, 2.05) is 48.5 Å². The lowest BCUT2D eigenvalue weighted by Gasteiger charge is -2.27. The van der Waals surface area contributed by atoms with Crippen molar-refractivity contribution < 1.29 is 9.59 Å². The van der Waals surface area contributed by atoms with Gasteiger partial charge in [0, 0.05) is 17.9 Å². The van der Waals surface area contributed by atoms with Crippen LogP contribution in [-0.2, 0) is 9.59 Å². The lowest BCUT2D eigenvalue weighted by molar-refractivity contribution is -0.138. The molecule has 1 fully saturated rings. The average Bonchev–Trinajstić information content (AvgIpc) is 2.50. The van der Waals surface area contributed by atoms with Crippen molar-refractivity contribution in [1.82, 2.24) is 5.32 Å². The van der Waals surface area contributed by atoms with Gasteiger partial charge in [-0.25, -0.2) is 0 Å². The molecule has 0 unspecified atom stereocenters. The third kappa shape index (κ3) is 3.20. The summed E-state index contributed by atoms with van der Waals surface area (Å²) in [5, 5.41) is 3.68. The van der Waals surface area contributed by atoms with Crippen molar-refractivity contribution in [1.29, 1.82) is 0 Å². The second-order valence-electron chi connectivity index (χ2n) is 5.55. The van der Waals surface area contributed by atoms with Gasteiger partial charge in [-0.3, -0.25) is 9.59 Å². The molecule has 2 aromatic carbocycles. The van der Waals surface area contributed by atoms with Crippen LogP contribution in [0, 0.1) is 5.92 Å². The number of halogens is 1. The number of hydrogen-bond donors (Lipinski definition) is 1.